The first-order valence-corrected chi connectivity index (χ1v) is 8.21. The molecule has 4 nitrogen and oxygen atoms in total. The number of hydrogen-bond donors (Lipinski definition) is 1. The summed E-state index contributed by atoms with van der Waals surface area (Å²) in [5.74, 6) is 0.315. The quantitative estimate of drug-likeness (QED) is 0.660. The van der Waals surface area contributed by atoms with E-state index in [0.29, 0.717) is 28.2 Å². The van der Waals surface area contributed by atoms with E-state index < -0.39 is 5.97 Å². The topological polar surface area (TPSA) is 63.6 Å². The van der Waals surface area contributed by atoms with Gasteiger partial charge in [-0.15, -0.1) is 0 Å². The second kappa shape index (κ2) is 7.66. The van der Waals surface area contributed by atoms with E-state index >= 15 is 0 Å². The second-order valence-electron chi connectivity index (χ2n) is 6.04. The van der Waals surface area contributed by atoms with Crippen molar-refractivity contribution in [1.82, 2.24) is 0 Å². The van der Waals surface area contributed by atoms with Crippen molar-refractivity contribution in [3.05, 3.63) is 95.1 Å². The van der Waals surface area contributed by atoms with Gasteiger partial charge in [0, 0.05) is 11.1 Å². The van der Waals surface area contributed by atoms with Crippen molar-refractivity contribution in [2.24, 2.45) is 0 Å². The van der Waals surface area contributed by atoms with E-state index in [1.807, 2.05) is 31.2 Å². The monoisotopic (exact) mass is 346 g/mol. The SMILES string of the molecule is Cc1ccc(C(=O)c2ccc(Oc3ccc(CC(=O)O)cc3)cc2)cc1. The second-order valence-corrected chi connectivity index (χ2v) is 6.04. The van der Waals surface area contributed by atoms with Crippen LogP contribution in [0.5, 0.6) is 11.5 Å². The molecule has 4 heteroatoms. The predicted molar refractivity (Wildman–Crippen MR) is 98.9 cm³/mol. The molecule has 0 aliphatic rings. The molecule has 0 saturated heterocycles. The van der Waals surface area contributed by atoms with Crippen LogP contribution in [0.15, 0.2) is 72.8 Å². The fourth-order valence-electron chi connectivity index (χ4n) is 2.53. The number of aliphatic carboxylic acids is 1. The van der Waals surface area contributed by atoms with E-state index in [4.69, 9.17) is 9.84 Å². The Hall–Kier alpha value is -3.40. The number of ketones is 1. The van der Waals surface area contributed by atoms with Crippen molar-refractivity contribution < 1.29 is 19.4 Å². The summed E-state index contributed by atoms with van der Waals surface area (Å²) < 4.78 is 5.74. The highest BCUT2D eigenvalue weighted by atomic mass is 16.5. The van der Waals surface area contributed by atoms with Crippen molar-refractivity contribution in [1.29, 1.82) is 0 Å². The molecular formula is C22H18O4. The van der Waals surface area contributed by atoms with E-state index in [1.165, 1.54) is 0 Å². The lowest BCUT2D eigenvalue weighted by Crippen LogP contribution is -2.01. The lowest BCUT2D eigenvalue weighted by molar-refractivity contribution is -0.136. The van der Waals surface area contributed by atoms with Crippen molar-refractivity contribution in [3.63, 3.8) is 0 Å². The molecule has 0 heterocycles. The van der Waals surface area contributed by atoms with Crippen LogP contribution in [0.2, 0.25) is 0 Å². The van der Waals surface area contributed by atoms with Crippen molar-refractivity contribution in [2.45, 2.75) is 13.3 Å². The number of carboxylic acids is 1. The van der Waals surface area contributed by atoms with Crippen LogP contribution in [0.3, 0.4) is 0 Å². The van der Waals surface area contributed by atoms with Crippen LogP contribution >= 0.6 is 0 Å². The van der Waals surface area contributed by atoms with E-state index in [-0.39, 0.29) is 12.2 Å². The first-order chi connectivity index (χ1) is 12.5. The molecule has 3 aromatic carbocycles. The molecule has 0 unspecified atom stereocenters. The van der Waals surface area contributed by atoms with Crippen LogP contribution in [-0.2, 0) is 11.2 Å². The number of hydrogen-bond acceptors (Lipinski definition) is 3. The van der Waals surface area contributed by atoms with Gasteiger partial charge in [-0.2, -0.15) is 0 Å². The maximum absolute atomic E-state index is 12.5. The summed E-state index contributed by atoms with van der Waals surface area (Å²) in [6.45, 7) is 1.98. The molecule has 0 aromatic heterocycles. The molecule has 1 N–H and O–H groups in total. The van der Waals surface area contributed by atoms with Crippen molar-refractivity contribution in [3.8, 4) is 11.5 Å². The average Bonchev–Trinajstić information content (AvgIpc) is 2.64. The Balaban J connectivity index is 1.68. The maximum atomic E-state index is 12.5. The Kier molecular flexibility index (Phi) is 5.13. The lowest BCUT2D eigenvalue weighted by Gasteiger charge is -2.07. The van der Waals surface area contributed by atoms with Crippen LogP contribution in [-0.4, -0.2) is 16.9 Å². The lowest BCUT2D eigenvalue weighted by atomic mass is 10.0. The molecule has 0 aliphatic heterocycles. The molecule has 0 spiro atoms. The number of carbonyl (C=O) groups excluding carboxylic acids is 1. The summed E-state index contributed by atoms with van der Waals surface area (Å²) in [5.41, 5.74) is 3.07. The van der Waals surface area contributed by atoms with Gasteiger partial charge in [-0.25, -0.2) is 0 Å². The third kappa shape index (κ3) is 4.36. The summed E-state index contributed by atoms with van der Waals surface area (Å²) in [7, 11) is 0. The largest absolute Gasteiger partial charge is 0.481 e. The highest BCUT2D eigenvalue weighted by Crippen LogP contribution is 2.23. The highest BCUT2D eigenvalue weighted by molar-refractivity contribution is 6.09. The molecule has 0 atom stereocenters. The number of carboxylic acid groups (broad SMARTS) is 1. The van der Waals surface area contributed by atoms with E-state index in [9.17, 15) is 9.59 Å². The van der Waals surface area contributed by atoms with Crippen LogP contribution < -0.4 is 4.74 Å². The Bertz CT molecular complexity index is 908. The van der Waals surface area contributed by atoms with Crippen molar-refractivity contribution >= 4 is 11.8 Å². The number of carbonyl (C=O) groups is 2. The summed E-state index contributed by atoms with van der Waals surface area (Å²) in [6, 6.07) is 21.3. The van der Waals surface area contributed by atoms with Gasteiger partial charge in [0.05, 0.1) is 6.42 Å². The molecule has 0 bridgehead atoms. The minimum Gasteiger partial charge on any atom is -0.481 e. The number of rotatable bonds is 6. The highest BCUT2D eigenvalue weighted by Gasteiger charge is 2.09. The number of benzene rings is 3. The fourth-order valence-corrected chi connectivity index (χ4v) is 2.53. The summed E-state index contributed by atoms with van der Waals surface area (Å²) in [4.78, 5) is 23.2. The summed E-state index contributed by atoms with van der Waals surface area (Å²) in [6.07, 6.45) is -0.0178. The number of aryl methyl sites for hydroxylation is 1. The van der Waals surface area contributed by atoms with Crippen LogP contribution in [0.1, 0.15) is 27.0 Å². The van der Waals surface area contributed by atoms with Gasteiger partial charge in [-0.1, -0.05) is 42.0 Å². The number of ether oxygens (including phenoxy) is 1. The molecule has 0 saturated carbocycles. The Morgan fingerprint density at radius 1 is 0.769 bits per heavy atom. The standard InChI is InChI=1S/C22H18O4/c1-15-2-6-17(7-3-15)22(25)18-8-12-20(13-9-18)26-19-10-4-16(5-11-19)14-21(23)24/h2-13H,14H2,1H3,(H,23,24). The van der Waals surface area contributed by atoms with Crippen LogP contribution in [0.4, 0.5) is 0 Å². The van der Waals surface area contributed by atoms with Gasteiger partial charge in [-0.05, 0) is 48.9 Å². The van der Waals surface area contributed by atoms with E-state index in [0.717, 1.165) is 5.56 Å². The zero-order chi connectivity index (χ0) is 18.5. The predicted octanol–water partition coefficient (Wildman–Crippen LogP) is 4.65. The third-order valence-corrected chi connectivity index (χ3v) is 3.94. The summed E-state index contributed by atoms with van der Waals surface area (Å²) in [5, 5.41) is 8.78. The minimum atomic E-state index is -0.868. The molecular weight excluding hydrogens is 328 g/mol. The van der Waals surface area contributed by atoms with Crippen molar-refractivity contribution in [2.75, 3.05) is 0 Å². The normalized spacial score (nSPS) is 10.3. The fraction of sp³-hybridized carbons (Fsp3) is 0.0909. The Labute approximate surface area is 151 Å². The van der Waals surface area contributed by atoms with Gasteiger partial charge in [0.2, 0.25) is 0 Å². The third-order valence-electron chi connectivity index (χ3n) is 3.94. The van der Waals surface area contributed by atoms with Crippen LogP contribution in [0.25, 0.3) is 0 Å². The van der Waals surface area contributed by atoms with E-state index in [1.54, 1.807) is 48.5 Å². The van der Waals surface area contributed by atoms with Gasteiger partial charge in [0.15, 0.2) is 5.78 Å². The molecule has 3 aromatic rings. The Morgan fingerprint density at radius 2 is 1.23 bits per heavy atom. The average molecular weight is 346 g/mol. The molecule has 130 valence electrons. The molecule has 0 amide bonds. The summed E-state index contributed by atoms with van der Waals surface area (Å²) >= 11 is 0. The van der Waals surface area contributed by atoms with E-state index in [2.05, 4.69) is 0 Å². The molecule has 0 radical (unpaired) electrons. The Morgan fingerprint density at radius 3 is 1.73 bits per heavy atom. The smallest absolute Gasteiger partial charge is 0.307 e. The minimum absolute atomic E-state index is 0.0178. The maximum Gasteiger partial charge on any atom is 0.307 e. The first kappa shape index (κ1) is 17.4. The zero-order valence-electron chi connectivity index (χ0n) is 14.3. The van der Waals surface area contributed by atoms with Gasteiger partial charge in [-0.3, -0.25) is 9.59 Å². The zero-order valence-corrected chi connectivity index (χ0v) is 14.3. The first-order valence-electron chi connectivity index (χ1n) is 8.21. The molecule has 26 heavy (non-hydrogen) atoms. The van der Waals surface area contributed by atoms with Gasteiger partial charge < -0.3 is 9.84 Å². The van der Waals surface area contributed by atoms with Gasteiger partial charge >= 0.3 is 5.97 Å². The molecule has 0 fully saturated rings. The van der Waals surface area contributed by atoms with Gasteiger partial charge in [0.25, 0.3) is 0 Å². The van der Waals surface area contributed by atoms with Crippen LogP contribution in [0, 0.1) is 6.92 Å². The molecule has 3 rings (SSSR count). The van der Waals surface area contributed by atoms with Gasteiger partial charge in [0.1, 0.15) is 11.5 Å². The molecule has 0 aliphatic carbocycles.